The van der Waals surface area contributed by atoms with E-state index in [2.05, 4.69) is 0 Å². The molecule has 1 saturated heterocycles. The standard InChI is InChI=1S/C19H21NO4S/c1-14(2)18(25(22,23)16-11-7-4-8-12-16)20-17(13-24-19(20)21)15-9-5-3-6-10-15/h3-12,14,17-18H,13H2,1-2H3/t17-,18-/m0/s1. The van der Waals surface area contributed by atoms with Crippen molar-refractivity contribution in [3.05, 3.63) is 66.2 Å². The van der Waals surface area contributed by atoms with Crippen LogP contribution in [0.4, 0.5) is 4.79 Å². The van der Waals surface area contributed by atoms with Gasteiger partial charge in [-0.25, -0.2) is 13.2 Å². The molecule has 0 bridgehead atoms. The van der Waals surface area contributed by atoms with Crippen LogP contribution in [0.2, 0.25) is 0 Å². The maximum atomic E-state index is 13.2. The van der Waals surface area contributed by atoms with Crippen LogP contribution in [0, 0.1) is 5.92 Å². The quantitative estimate of drug-likeness (QED) is 0.818. The fourth-order valence-electron chi connectivity index (χ4n) is 3.22. The van der Waals surface area contributed by atoms with E-state index in [4.69, 9.17) is 4.74 Å². The normalized spacial score (nSPS) is 19.1. The molecule has 3 rings (SSSR count). The molecule has 0 aliphatic carbocycles. The maximum absolute atomic E-state index is 13.2. The molecule has 2 aromatic rings. The van der Waals surface area contributed by atoms with Crippen molar-refractivity contribution < 1.29 is 17.9 Å². The fourth-order valence-corrected chi connectivity index (χ4v) is 5.29. The van der Waals surface area contributed by atoms with E-state index in [0.29, 0.717) is 0 Å². The van der Waals surface area contributed by atoms with Crippen LogP contribution < -0.4 is 0 Å². The maximum Gasteiger partial charge on any atom is 0.411 e. The molecule has 0 aromatic heterocycles. The molecule has 0 unspecified atom stereocenters. The first-order valence-corrected chi connectivity index (χ1v) is 9.76. The van der Waals surface area contributed by atoms with Gasteiger partial charge in [0.2, 0.25) is 0 Å². The van der Waals surface area contributed by atoms with E-state index < -0.39 is 27.3 Å². The molecule has 1 aliphatic rings. The summed E-state index contributed by atoms with van der Waals surface area (Å²) in [6, 6.07) is 17.2. The number of rotatable bonds is 5. The Morgan fingerprint density at radius 1 is 1.00 bits per heavy atom. The van der Waals surface area contributed by atoms with Gasteiger partial charge in [0.1, 0.15) is 12.0 Å². The Kier molecular flexibility index (Phi) is 4.81. The number of carbonyl (C=O) groups excluding carboxylic acids is 1. The second-order valence-electron chi connectivity index (χ2n) is 6.40. The van der Waals surface area contributed by atoms with Gasteiger partial charge in [0, 0.05) is 0 Å². The number of sulfone groups is 1. The average molecular weight is 359 g/mol. The highest BCUT2D eigenvalue weighted by Crippen LogP contribution is 2.36. The molecule has 0 spiro atoms. The van der Waals surface area contributed by atoms with E-state index in [1.54, 1.807) is 44.2 Å². The van der Waals surface area contributed by atoms with Crippen LogP contribution in [0.1, 0.15) is 25.5 Å². The zero-order valence-corrected chi connectivity index (χ0v) is 15.0. The number of carbonyl (C=O) groups is 1. The van der Waals surface area contributed by atoms with E-state index in [9.17, 15) is 13.2 Å². The zero-order valence-electron chi connectivity index (χ0n) is 14.2. The minimum absolute atomic E-state index is 0.149. The summed E-state index contributed by atoms with van der Waals surface area (Å²) < 4.78 is 31.7. The van der Waals surface area contributed by atoms with Crippen molar-refractivity contribution in [1.82, 2.24) is 4.90 Å². The van der Waals surface area contributed by atoms with E-state index in [0.717, 1.165) is 5.56 Å². The molecule has 6 heteroatoms. The summed E-state index contributed by atoms with van der Waals surface area (Å²) in [6.07, 6.45) is -0.591. The highest BCUT2D eigenvalue weighted by Gasteiger charge is 2.46. The van der Waals surface area contributed by atoms with Gasteiger partial charge in [-0.1, -0.05) is 62.4 Å². The van der Waals surface area contributed by atoms with Gasteiger partial charge in [-0.15, -0.1) is 0 Å². The van der Waals surface area contributed by atoms with Crippen molar-refractivity contribution in [2.75, 3.05) is 6.61 Å². The van der Waals surface area contributed by atoms with Crippen molar-refractivity contribution in [2.45, 2.75) is 30.2 Å². The topological polar surface area (TPSA) is 63.7 Å². The third-order valence-electron chi connectivity index (χ3n) is 4.33. The molecule has 0 radical (unpaired) electrons. The number of benzene rings is 2. The van der Waals surface area contributed by atoms with Gasteiger partial charge >= 0.3 is 6.09 Å². The smallest absolute Gasteiger partial charge is 0.411 e. The molecule has 25 heavy (non-hydrogen) atoms. The summed E-state index contributed by atoms with van der Waals surface area (Å²) >= 11 is 0. The van der Waals surface area contributed by atoms with Crippen molar-refractivity contribution >= 4 is 15.9 Å². The number of amides is 1. The van der Waals surface area contributed by atoms with Crippen LogP contribution in [-0.2, 0) is 14.6 Å². The number of hydrogen-bond donors (Lipinski definition) is 0. The van der Waals surface area contributed by atoms with Crippen LogP contribution in [0.15, 0.2) is 65.6 Å². The van der Waals surface area contributed by atoms with E-state index in [-0.39, 0.29) is 17.4 Å². The molecule has 1 heterocycles. The SMILES string of the molecule is CC(C)[C@@H](N1C(=O)OC[C@H]1c1ccccc1)S(=O)(=O)c1ccccc1. The summed E-state index contributed by atoms with van der Waals surface area (Å²) in [4.78, 5) is 14.0. The van der Waals surface area contributed by atoms with Crippen LogP contribution in [0.25, 0.3) is 0 Å². The fraction of sp³-hybridized carbons (Fsp3) is 0.316. The summed E-state index contributed by atoms with van der Waals surface area (Å²) in [6.45, 7) is 3.76. The summed E-state index contributed by atoms with van der Waals surface area (Å²) in [5.74, 6) is -0.290. The van der Waals surface area contributed by atoms with Gasteiger partial charge in [0.25, 0.3) is 0 Å². The van der Waals surface area contributed by atoms with Crippen molar-refractivity contribution in [3.63, 3.8) is 0 Å². The largest absolute Gasteiger partial charge is 0.447 e. The zero-order chi connectivity index (χ0) is 18.0. The molecule has 132 valence electrons. The third-order valence-corrected chi connectivity index (χ3v) is 6.67. The third kappa shape index (κ3) is 3.26. The Morgan fingerprint density at radius 2 is 1.56 bits per heavy atom. The summed E-state index contributed by atoms with van der Waals surface area (Å²) in [5.41, 5.74) is 0.863. The average Bonchev–Trinajstić information content (AvgIpc) is 2.97. The van der Waals surface area contributed by atoms with Crippen molar-refractivity contribution in [1.29, 1.82) is 0 Å². The van der Waals surface area contributed by atoms with Crippen LogP contribution in [-0.4, -0.2) is 31.4 Å². The van der Waals surface area contributed by atoms with Crippen molar-refractivity contribution in [2.24, 2.45) is 5.92 Å². The number of ether oxygens (including phenoxy) is 1. The Bertz CT molecular complexity index is 834. The van der Waals surface area contributed by atoms with Gasteiger partial charge < -0.3 is 4.74 Å². The van der Waals surface area contributed by atoms with Gasteiger partial charge in [-0.3, -0.25) is 4.90 Å². The Balaban J connectivity index is 2.06. The molecule has 2 atom stereocenters. The number of cyclic esters (lactones) is 1. The summed E-state index contributed by atoms with van der Waals surface area (Å²) in [7, 11) is -3.73. The Morgan fingerprint density at radius 3 is 2.12 bits per heavy atom. The predicted molar refractivity (Wildman–Crippen MR) is 94.6 cm³/mol. The van der Waals surface area contributed by atoms with Crippen LogP contribution in [0.3, 0.4) is 0 Å². The molecular weight excluding hydrogens is 338 g/mol. The molecule has 0 saturated carbocycles. The molecule has 1 amide bonds. The van der Waals surface area contributed by atoms with Gasteiger partial charge in [-0.2, -0.15) is 0 Å². The van der Waals surface area contributed by atoms with Gasteiger partial charge in [-0.05, 0) is 23.6 Å². The lowest BCUT2D eigenvalue weighted by atomic mass is 10.1. The van der Waals surface area contributed by atoms with Gasteiger partial charge in [0.05, 0.1) is 10.9 Å². The molecule has 1 aliphatic heterocycles. The van der Waals surface area contributed by atoms with E-state index in [1.165, 1.54) is 4.90 Å². The predicted octanol–water partition coefficient (Wildman–Crippen LogP) is 3.64. The Hall–Kier alpha value is -2.34. The number of nitrogens with zero attached hydrogens (tertiary/aromatic N) is 1. The van der Waals surface area contributed by atoms with Gasteiger partial charge in [0.15, 0.2) is 9.84 Å². The highest BCUT2D eigenvalue weighted by atomic mass is 32.2. The number of hydrogen-bond acceptors (Lipinski definition) is 4. The monoisotopic (exact) mass is 359 g/mol. The lowest BCUT2D eigenvalue weighted by Gasteiger charge is -2.33. The second kappa shape index (κ2) is 6.88. The molecule has 0 N–H and O–H groups in total. The van der Waals surface area contributed by atoms with E-state index in [1.807, 2.05) is 30.3 Å². The minimum Gasteiger partial charge on any atom is -0.447 e. The first-order chi connectivity index (χ1) is 11.9. The first kappa shape index (κ1) is 17.5. The first-order valence-electron chi connectivity index (χ1n) is 8.22. The van der Waals surface area contributed by atoms with E-state index >= 15 is 0 Å². The molecule has 5 nitrogen and oxygen atoms in total. The molecular formula is C19H21NO4S. The Labute approximate surface area is 148 Å². The second-order valence-corrected chi connectivity index (χ2v) is 8.45. The van der Waals surface area contributed by atoms with Crippen LogP contribution >= 0.6 is 0 Å². The lowest BCUT2D eigenvalue weighted by molar-refractivity contribution is 0.147. The van der Waals surface area contributed by atoms with Crippen LogP contribution in [0.5, 0.6) is 0 Å². The molecule has 2 aromatic carbocycles. The van der Waals surface area contributed by atoms with Crippen molar-refractivity contribution in [3.8, 4) is 0 Å². The summed E-state index contributed by atoms with van der Waals surface area (Å²) in [5, 5.41) is -0.991. The molecule has 1 fully saturated rings. The minimum atomic E-state index is -3.73. The lowest BCUT2D eigenvalue weighted by Crippen LogP contribution is -2.46. The highest BCUT2D eigenvalue weighted by molar-refractivity contribution is 7.92.